The summed E-state index contributed by atoms with van der Waals surface area (Å²) in [5.74, 6) is -0.908. The first-order chi connectivity index (χ1) is 10.0. The van der Waals surface area contributed by atoms with Crippen LogP contribution in [-0.2, 0) is 0 Å². The van der Waals surface area contributed by atoms with E-state index < -0.39 is 11.6 Å². The predicted octanol–water partition coefficient (Wildman–Crippen LogP) is 3.88. The average Bonchev–Trinajstić information content (AvgIpc) is 2.45. The number of piperidine rings is 1. The average molecular weight is 296 g/mol. The molecule has 1 aromatic carbocycles. The Hall–Kier alpha value is -1.00. The van der Waals surface area contributed by atoms with E-state index >= 15 is 0 Å². The molecule has 1 aliphatic rings. The van der Waals surface area contributed by atoms with Gasteiger partial charge < -0.3 is 5.32 Å². The van der Waals surface area contributed by atoms with Gasteiger partial charge in [0.05, 0.1) is 0 Å². The Labute approximate surface area is 126 Å². The fraction of sp³-hybridized carbons (Fsp3) is 0.647. The molecule has 1 aromatic rings. The van der Waals surface area contributed by atoms with Crippen molar-refractivity contribution >= 4 is 0 Å². The minimum Gasteiger partial charge on any atom is -0.313 e. The molecule has 2 nitrogen and oxygen atoms in total. The molecule has 0 amide bonds. The smallest absolute Gasteiger partial charge is 0.130 e. The first-order valence-corrected chi connectivity index (χ1v) is 7.93. The molecule has 1 aliphatic heterocycles. The molecule has 2 unspecified atom stereocenters. The molecule has 2 rings (SSSR count). The zero-order valence-corrected chi connectivity index (χ0v) is 13.2. The lowest BCUT2D eigenvalue weighted by Gasteiger charge is -2.37. The van der Waals surface area contributed by atoms with Gasteiger partial charge in [-0.2, -0.15) is 0 Å². The van der Waals surface area contributed by atoms with Crippen LogP contribution in [0.2, 0.25) is 0 Å². The first kappa shape index (κ1) is 16.4. The van der Waals surface area contributed by atoms with Crippen LogP contribution in [0.15, 0.2) is 18.2 Å². The summed E-state index contributed by atoms with van der Waals surface area (Å²) in [5, 5.41) is 3.51. The fourth-order valence-corrected chi connectivity index (χ4v) is 3.23. The molecule has 118 valence electrons. The van der Waals surface area contributed by atoms with E-state index in [9.17, 15) is 8.78 Å². The highest BCUT2D eigenvalue weighted by Crippen LogP contribution is 2.28. The topological polar surface area (TPSA) is 15.3 Å². The fourth-order valence-electron chi connectivity index (χ4n) is 3.23. The highest BCUT2D eigenvalue weighted by molar-refractivity contribution is 5.23. The molecular formula is C17H26F2N2. The largest absolute Gasteiger partial charge is 0.313 e. The van der Waals surface area contributed by atoms with Crippen molar-refractivity contribution in [2.24, 2.45) is 0 Å². The molecule has 0 aromatic heterocycles. The molecule has 0 aliphatic carbocycles. The Balaban J connectivity index is 2.16. The standard InChI is InChI=1S/C17H26F2N2/c1-12(2)21(11-14-7-4-5-10-20-14)13(3)17-15(18)8-6-9-16(17)19/h6,8-9,12-14,20H,4-5,7,10-11H2,1-3H3. The van der Waals surface area contributed by atoms with Gasteiger partial charge in [0.1, 0.15) is 11.6 Å². The van der Waals surface area contributed by atoms with E-state index in [0.717, 1.165) is 19.5 Å². The van der Waals surface area contributed by atoms with Crippen LogP contribution in [0.3, 0.4) is 0 Å². The van der Waals surface area contributed by atoms with Crippen molar-refractivity contribution in [2.75, 3.05) is 13.1 Å². The molecule has 0 spiro atoms. The number of hydrogen-bond donors (Lipinski definition) is 1. The molecule has 1 heterocycles. The minimum atomic E-state index is -0.454. The number of nitrogens with zero attached hydrogens (tertiary/aromatic N) is 1. The van der Waals surface area contributed by atoms with Crippen LogP contribution in [0, 0.1) is 11.6 Å². The Morgan fingerprint density at radius 1 is 1.19 bits per heavy atom. The van der Waals surface area contributed by atoms with Crippen molar-refractivity contribution in [1.29, 1.82) is 0 Å². The zero-order valence-electron chi connectivity index (χ0n) is 13.2. The van der Waals surface area contributed by atoms with Crippen LogP contribution in [0.4, 0.5) is 8.78 Å². The van der Waals surface area contributed by atoms with Gasteiger partial charge in [0.15, 0.2) is 0 Å². The van der Waals surface area contributed by atoms with Crippen molar-refractivity contribution in [3.63, 3.8) is 0 Å². The first-order valence-electron chi connectivity index (χ1n) is 7.93. The third-order valence-corrected chi connectivity index (χ3v) is 4.42. The van der Waals surface area contributed by atoms with Crippen LogP contribution < -0.4 is 5.32 Å². The molecule has 1 N–H and O–H groups in total. The molecular weight excluding hydrogens is 270 g/mol. The number of halogens is 2. The van der Waals surface area contributed by atoms with Crippen LogP contribution in [0.1, 0.15) is 51.6 Å². The van der Waals surface area contributed by atoms with Crippen molar-refractivity contribution in [3.05, 3.63) is 35.4 Å². The van der Waals surface area contributed by atoms with Gasteiger partial charge in [-0.25, -0.2) is 8.78 Å². The maximum atomic E-state index is 14.0. The number of benzene rings is 1. The Bertz CT molecular complexity index is 436. The van der Waals surface area contributed by atoms with E-state index in [2.05, 4.69) is 24.1 Å². The summed E-state index contributed by atoms with van der Waals surface area (Å²) in [6, 6.07) is 4.48. The summed E-state index contributed by atoms with van der Waals surface area (Å²) in [4.78, 5) is 2.18. The Morgan fingerprint density at radius 2 is 1.86 bits per heavy atom. The molecule has 2 atom stereocenters. The predicted molar refractivity (Wildman–Crippen MR) is 82.3 cm³/mol. The maximum absolute atomic E-state index is 14.0. The molecule has 1 fully saturated rings. The second kappa shape index (κ2) is 7.32. The second-order valence-corrected chi connectivity index (χ2v) is 6.25. The maximum Gasteiger partial charge on any atom is 0.130 e. The van der Waals surface area contributed by atoms with Crippen molar-refractivity contribution in [3.8, 4) is 0 Å². The Kier molecular flexibility index (Phi) is 5.71. The molecule has 0 bridgehead atoms. The molecule has 1 saturated heterocycles. The van der Waals surface area contributed by atoms with Crippen LogP contribution in [0.25, 0.3) is 0 Å². The van der Waals surface area contributed by atoms with Gasteiger partial charge in [-0.05, 0) is 52.3 Å². The van der Waals surface area contributed by atoms with E-state index in [1.54, 1.807) is 0 Å². The minimum absolute atomic E-state index is 0.182. The van der Waals surface area contributed by atoms with Crippen LogP contribution in [-0.4, -0.2) is 30.1 Å². The highest BCUT2D eigenvalue weighted by Gasteiger charge is 2.27. The molecule has 0 saturated carbocycles. The van der Waals surface area contributed by atoms with Crippen LogP contribution in [0.5, 0.6) is 0 Å². The van der Waals surface area contributed by atoms with Gasteiger partial charge in [0.2, 0.25) is 0 Å². The van der Waals surface area contributed by atoms with E-state index in [0.29, 0.717) is 6.04 Å². The van der Waals surface area contributed by atoms with Gasteiger partial charge >= 0.3 is 0 Å². The van der Waals surface area contributed by atoms with Gasteiger partial charge in [0.25, 0.3) is 0 Å². The normalized spacial score (nSPS) is 21.0. The van der Waals surface area contributed by atoms with E-state index in [-0.39, 0.29) is 17.6 Å². The second-order valence-electron chi connectivity index (χ2n) is 6.25. The Morgan fingerprint density at radius 3 is 2.38 bits per heavy atom. The van der Waals surface area contributed by atoms with Gasteiger partial charge in [0, 0.05) is 30.2 Å². The molecule has 0 radical (unpaired) electrons. The van der Waals surface area contributed by atoms with Gasteiger partial charge in [-0.15, -0.1) is 0 Å². The lowest BCUT2D eigenvalue weighted by atomic mass is 10.00. The van der Waals surface area contributed by atoms with E-state index in [4.69, 9.17) is 0 Å². The SMILES string of the molecule is CC(C)N(CC1CCCCN1)C(C)c1c(F)cccc1F. The summed E-state index contributed by atoms with van der Waals surface area (Å²) in [6.07, 6.45) is 3.58. The zero-order chi connectivity index (χ0) is 15.4. The molecule has 21 heavy (non-hydrogen) atoms. The molecule has 4 heteroatoms. The van der Waals surface area contributed by atoms with Crippen LogP contribution >= 0.6 is 0 Å². The monoisotopic (exact) mass is 296 g/mol. The summed E-state index contributed by atoms with van der Waals surface area (Å²) in [6.45, 7) is 7.92. The van der Waals surface area contributed by atoms with Crippen molar-refractivity contribution in [1.82, 2.24) is 10.2 Å². The highest BCUT2D eigenvalue weighted by atomic mass is 19.1. The van der Waals surface area contributed by atoms with E-state index in [1.807, 2.05) is 6.92 Å². The van der Waals surface area contributed by atoms with Crippen molar-refractivity contribution in [2.45, 2.75) is 58.2 Å². The van der Waals surface area contributed by atoms with Crippen molar-refractivity contribution < 1.29 is 8.78 Å². The lowest BCUT2D eigenvalue weighted by molar-refractivity contribution is 0.133. The summed E-state index contributed by atoms with van der Waals surface area (Å²) >= 11 is 0. The number of nitrogens with one attached hydrogen (secondary N) is 1. The quantitative estimate of drug-likeness (QED) is 0.887. The number of hydrogen-bond acceptors (Lipinski definition) is 2. The summed E-state index contributed by atoms with van der Waals surface area (Å²) in [5.41, 5.74) is 0.182. The number of rotatable bonds is 5. The summed E-state index contributed by atoms with van der Waals surface area (Å²) in [7, 11) is 0. The summed E-state index contributed by atoms with van der Waals surface area (Å²) < 4.78 is 28.0. The third kappa shape index (κ3) is 4.01. The third-order valence-electron chi connectivity index (χ3n) is 4.42. The van der Waals surface area contributed by atoms with Gasteiger partial charge in [-0.1, -0.05) is 12.5 Å². The van der Waals surface area contributed by atoms with E-state index in [1.165, 1.54) is 31.0 Å². The lowest BCUT2D eigenvalue weighted by Crippen LogP contribution is -2.47. The van der Waals surface area contributed by atoms with Gasteiger partial charge in [-0.3, -0.25) is 4.90 Å².